The molecule has 0 amide bonds. The quantitative estimate of drug-likeness (QED) is 0.832. The number of methoxy groups -OCH3 is 1. The number of nitrogens with zero attached hydrogens (tertiary/aromatic N) is 1. The van der Waals surface area contributed by atoms with Gasteiger partial charge in [-0.2, -0.15) is 0 Å². The largest absolute Gasteiger partial charge is 0.493 e. The lowest BCUT2D eigenvalue weighted by molar-refractivity contribution is -0.0312. The molecule has 1 atom stereocenters. The number of rotatable bonds is 7. The Morgan fingerprint density at radius 1 is 1.41 bits per heavy atom. The summed E-state index contributed by atoms with van der Waals surface area (Å²) in [6.07, 6.45) is 0.925. The lowest BCUT2D eigenvalue weighted by Gasteiger charge is -2.34. The number of hydrogen-bond acceptors (Lipinski definition) is 5. The molecule has 0 aliphatic carbocycles. The maximum Gasteiger partial charge on any atom is 0.162 e. The zero-order chi connectivity index (χ0) is 15.9. The molecule has 1 saturated heterocycles. The third-order valence-corrected chi connectivity index (χ3v) is 4.08. The zero-order valence-corrected chi connectivity index (χ0v) is 13.9. The van der Waals surface area contributed by atoms with Gasteiger partial charge in [-0.1, -0.05) is 18.5 Å². The standard InChI is InChI=1S/C16H24ClNO4/c1-3-5-22-16-8-14(17)12(7-15(16)20-2)9-18-4-6-21-11-13(18)10-19/h7-8,13,19H,3-6,9-11H2,1-2H3/t13-/m0/s1. The van der Waals surface area contributed by atoms with Crippen LogP contribution in [0, 0.1) is 0 Å². The predicted octanol–water partition coefficient (Wildman–Crippen LogP) is 2.33. The smallest absolute Gasteiger partial charge is 0.162 e. The van der Waals surface area contributed by atoms with E-state index in [0.29, 0.717) is 42.9 Å². The summed E-state index contributed by atoms with van der Waals surface area (Å²) in [7, 11) is 1.62. The van der Waals surface area contributed by atoms with E-state index in [1.54, 1.807) is 13.2 Å². The van der Waals surface area contributed by atoms with Gasteiger partial charge in [0.2, 0.25) is 0 Å². The Morgan fingerprint density at radius 2 is 2.23 bits per heavy atom. The van der Waals surface area contributed by atoms with E-state index >= 15 is 0 Å². The first kappa shape index (κ1) is 17.3. The molecule has 0 spiro atoms. The third-order valence-electron chi connectivity index (χ3n) is 3.73. The Labute approximate surface area is 136 Å². The normalized spacial score (nSPS) is 19.2. The molecule has 6 heteroatoms. The van der Waals surface area contributed by atoms with E-state index in [2.05, 4.69) is 11.8 Å². The summed E-state index contributed by atoms with van der Waals surface area (Å²) in [4.78, 5) is 2.18. The number of morpholine rings is 1. The molecule has 1 heterocycles. The van der Waals surface area contributed by atoms with Crippen molar-refractivity contribution >= 4 is 11.6 Å². The van der Waals surface area contributed by atoms with Crippen molar-refractivity contribution in [2.24, 2.45) is 0 Å². The molecule has 0 saturated carbocycles. The van der Waals surface area contributed by atoms with E-state index in [-0.39, 0.29) is 12.6 Å². The van der Waals surface area contributed by atoms with Crippen molar-refractivity contribution in [2.45, 2.75) is 25.9 Å². The van der Waals surface area contributed by atoms with Gasteiger partial charge in [0.05, 0.1) is 39.6 Å². The molecule has 1 N–H and O–H groups in total. The highest BCUT2D eigenvalue weighted by Gasteiger charge is 2.23. The Morgan fingerprint density at radius 3 is 2.91 bits per heavy atom. The van der Waals surface area contributed by atoms with E-state index in [0.717, 1.165) is 18.5 Å². The summed E-state index contributed by atoms with van der Waals surface area (Å²) < 4.78 is 16.5. The minimum atomic E-state index is 0.00632. The number of benzene rings is 1. The fraction of sp³-hybridized carbons (Fsp3) is 0.625. The first-order chi connectivity index (χ1) is 10.7. The van der Waals surface area contributed by atoms with Crippen molar-refractivity contribution in [3.8, 4) is 11.5 Å². The van der Waals surface area contributed by atoms with E-state index in [1.807, 2.05) is 6.07 Å². The molecule has 124 valence electrons. The van der Waals surface area contributed by atoms with Crippen LogP contribution in [0.4, 0.5) is 0 Å². The molecule has 0 unspecified atom stereocenters. The van der Waals surface area contributed by atoms with Crippen molar-refractivity contribution in [1.29, 1.82) is 0 Å². The molecule has 1 aromatic rings. The zero-order valence-electron chi connectivity index (χ0n) is 13.2. The van der Waals surface area contributed by atoms with Crippen molar-refractivity contribution in [3.05, 3.63) is 22.7 Å². The molecule has 0 radical (unpaired) electrons. The maximum atomic E-state index is 9.45. The van der Waals surface area contributed by atoms with Crippen molar-refractivity contribution in [3.63, 3.8) is 0 Å². The van der Waals surface area contributed by atoms with Crippen molar-refractivity contribution in [2.75, 3.05) is 40.1 Å². The summed E-state index contributed by atoms with van der Waals surface area (Å²) >= 11 is 6.39. The molecular formula is C16H24ClNO4. The van der Waals surface area contributed by atoms with Gasteiger partial charge in [0.1, 0.15) is 0 Å². The second-order valence-corrected chi connectivity index (χ2v) is 5.73. The van der Waals surface area contributed by atoms with Gasteiger partial charge in [0.25, 0.3) is 0 Å². The van der Waals surface area contributed by atoms with Crippen LogP contribution in [0.1, 0.15) is 18.9 Å². The van der Waals surface area contributed by atoms with Crippen LogP contribution in [0.2, 0.25) is 5.02 Å². The maximum absolute atomic E-state index is 9.45. The topological polar surface area (TPSA) is 51.2 Å². The Hall–Kier alpha value is -1.01. The summed E-state index contributed by atoms with van der Waals surface area (Å²) in [5, 5.41) is 10.1. The first-order valence-corrected chi connectivity index (χ1v) is 7.99. The van der Waals surface area contributed by atoms with Gasteiger partial charge in [0, 0.05) is 24.2 Å². The van der Waals surface area contributed by atoms with Crippen molar-refractivity contribution < 1.29 is 19.3 Å². The molecule has 2 rings (SSSR count). The summed E-state index contributed by atoms with van der Waals surface area (Å²) in [5.41, 5.74) is 0.961. The van der Waals surface area contributed by atoms with E-state index in [1.165, 1.54) is 0 Å². The van der Waals surface area contributed by atoms with Crippen LogP contribution in [-0.2, 0) is 11.3 Å². The predicted molar refractivity (Wildman–Crippen MR) is 85.9 cm³/mol. The van der Waals surface area contributed by atoms with Gasteiger partial charge < -0.3 is 19.3 Å². The molecule has 1 aromatic carbocycles. The fourth-order valence-corrected chi connectivity index (χ4v) is 2.68. The summed E-state index contributed by atoms with van der Waals surface area (Å²) in [5.74, 6) is 1.35. The second kappa shape index (κ2) is 8.58. The molecule has 0 bridgehead atoms. The average Bonchev–Trinajstić information content (AvgIpc) is 2.55. The van der Waals surface area contributed by atoms with Gasteiger partial charge in [0.15, 0.2) is 11.5 Å². The van der Waals surface area contributed by atoms with Crippen LogP contribution in [0.5, 0.6) is 11.5 Å². The van der Waals surface area contributed by atoms with Crippen LogP contribution < -0.4 is 9.47 Å². The molecule has 1 aliphatic rings. The van der Waals surface area contributed by atoms with Crippen LogP contribution >= 0.6 is 11.6 Å². The SMILES string of the molecule is CCCOc1cc(Cl)c(CN2CCOC[C@@H]2CO)cc1OC. The van der Waals surface area contributed by atoms with Crippen LogP contribution in [-0.4, -0.2) is 56.1 Å². The second-order valence-electron chi connectivity index (χ2n) is 5.32. The number of aliphatic hydroxyl groups excluding tert-OH is 1. The lowest BCUT2D eigenvalue weighted by Crippen LogP contribution is -2.46. The minimum Gasteiger partial charge on any atom is -0.493 e. The van der Waals surface area contributed by atoms with Gasteiger partial charge in [-0.15, -0.1) is 0 Å². The van der Waals surface area contributed by atoms with E-state index in [4.69, 9.17) is 25.8 Å². The van der Waals surface area contributed by atoms with E-state index < -0.39 is 0 Å². The molecule has 1 aliphatic heterocycles. The minimum absolute atomic E-state index is 0.00632. The van der Waals surface area contributed by atoms with Crippen LogP contribution in [0.15, 0.2) is 12.1 Å². The summed E-state index contributed by atoms with van der Waals surface area (Å²) in [6.45, 7) is 5.39. The van der Waals surface area contributed by atoms with Crippen LogP contribution in [0.25, 0.3) is 0 Å². The number of ether oxygens (including phenoxy) is 3. The van der Waals surface area contributed by atoms with Gasteiger partial charge in [-0.05, 0) is 18.1 Å². The Kier molecular flexibility index (Phi) is 6.76. The number of halogens is 1. The number of aliphatic hydroxyl groups is 1. The lowest BCUT2D eigenvalue weighted by atomic mass is 10.1. The summed E-state index contributed by atoms with van der Waals surface area (Å²) in [6, 6.07) is 3.73. The van der Waals surface area contributed by atoms with E-state index in [9.17, 15) is 5.11 Å². The molecule has 0 aromatic heterocycles. The van der Waals surface area contributed by atoms with Gasteiger partial charge in [-0.25, -0.2) is 0 Å². The average molecular weight is 330 g/mol. The highest BCUT2D eigenvalue weighted by Crippen LogP contribution is 2.34. The third kappa shape index (κ3) is 4.26. The first-order valence-electron chi connectivity index (χ1n) is 7.61. The Balaban J connectivity index is 2.16. The fourth-order valence-electron chi connectivity index (χ4n) is 2.47. The highest BCUT2D eigenvalue weighted by molar-refractivity contribution is 6.31. The van der Waals surface area contributed by atoms with Crippen LogP contribution in [0.3, 0.4) is 0 Å². The van der Waals surface area contributed by atoms with Crippen molar-refractivity contribution in [1.82, 2.24) is 4.90 Å². The molecule has 22 heavy (non-hydrogen) atoms. The van der Waals surface area contributed by atoms with Gasteiger partial charge >= 0.3 is 0 Å². The molecular weight excluding hydrogens is 306 g/mol. The molecule has 5 nitrogen and oxygen atoms in total. The Bertz CT molecular complexity index is 483. The van der Waals surface area contributed by atoms with Gasteiger partial charge in [-0.3, -0.25) is 4.90 Å². The number of hydrogen-bond donors (Lipinski definition) is 1. The molecule has 1 fully saturated rings. The highest BCUT2D eigenvalue weighted by atomic mass is 35.5. The monoisotopic (exact) mass is 329 g/mol.